The average Bonchev–Trinajstić information content (AvgIpc) is 3.54. The first-order valence-electron chi connectivity index (χ1n) is 14.8. The number of piperidine rings is 2. The molecule has 5 fully saturated rings. The molecule has 5 aliphatic rings. The second kappa shape index (κ2) is 13.6. The second-order valence-corrected chi connectivity index (χ2v) is 13.5. The number of carbonyl (C=O) groups is 2. The summed E-state index contributed by atoms with van der Waals surface area (Å²) in [6.07, 6.45) is -9.11. The molecule has 5 rings (SSSR count). The zero-order chi connectivity index (χ0) is 31.1. The standard InChI is InChI=1S/C26H42F5N7O4S/c1-11-6-13(19-16(41-2)8-33-21(36-19)20(27)28)14(7-32-11)22(39)37-25-34-15-9-38(10-17(15)43-25)24(40)12-4-5-18(26(29,30)31)35-23(12)42-3/h11-21,23,25,32-36H,4-10H2,1-3H3,(H,37,39). The number of nitrogens with zero attached hydrogens (tertiary/aromatic N) is 1. The number of halogens is 5. The number of likely N-dealkylation sites (tertiary alicyclic amines) is 1. The molecular weight excluding hydrogens is 601 g/mol. The van der Waals surface area contributed by atoms with Crippen molar-refractivity contribution in [2.75, 3.05) is 40.4 Å². The molecule has 17 heteroatoms. The molecule has 246 valence electrons. The Balaban J connectivity index is 1.16. The van der Waals surface area contributed by atoms with Gasteiger partial charge in [-0.05, 0) is 32.1 Å². The minimum Gasteiger partial charge on any atom is -0.378 e. The van der Waals surface area contributed by atoms with Crippen LogP contribution in [0.5, 0.6) is 0 Å². The summed E-state index contributed by atoms with van der Waals surface area (Å²) in [6.45, 7) is 3.42. The average molecular weight is 644 g/mol. The summed E-state index contributed by atoms with van der Waals surface area (Å²) in [5.41, 5.74) is -0.400. The van der Waals surface area contributed by atoms with E-state index in [-0.39, 0.29) is 60.6 Å². The fourth-order valence-electron chi connectivity index (χ4n) is 7.20. The number of ether oxygens (including phenoxy) is 2. The normalized spacial score (nSPS) is 42.2. The summed E-state index contributed by atoms with van der Waals surface area (Å²) in [5.74, 6) is -1.87. The summed E-state index contributed by atoms with van der Waals surface area (Å²) >= 11 is 1.50. The van der Waals surface area contributed by atoms with Crippen molar-refractivity contribution in [2.24, 2.45) is 17.8 Å². The van der Waals surface area contributed by atoms with Crippen LogP contribution in [-0.2, 0) is 19.1 Å². The van der Waals surface area contributed by atoms with Crippen molar-refractivity contribution in [1.29, 1.82) is 0 Å². The van der Waals surface area contributed by atoms with Gasteiger partial charge in [-0.1, -0.05) is 0 Å². The van der Waals surface area contributed by atoms with E-state index in [1.165, 1.54) is 26.0 Å². The van der Waals surface area contributed by atoms with Crippen molar-refractivity contribution < 1.29 is 41.0 Å². The first-order chi connectivity index (χ1) is 20.4. The number of carbonyl (C=O) groups excluding carboxylic acids is 2. The highest BCUT2D eigenvalue weighted by atomic mass is 32.2. The molecule has 0 aromatic carbocycles. The Morgan fingerprint density at radius 3 is 2.42 bits per heavy atom. The lowest BCUT2D eigenvalue weighted by atomic mass is 9.75. The van der Waals surface area contributed by atoms with Gasteiger partial charge in [-0.2, -0.15) is 13.2 Å². The van der Waals surface area contributed by atoms with Crippen LogP contribution in [0.25, 0.3) is 0 Å². The summed E-state index contributed by atoms with van der Waals surface area (Å²) in [6, 6.07) is -2.15. The molecule has 0 bridgehead atoms. The summed E-state index contributed by atoms with van der Waals surface area (Å²) < 4.78 is 77.5. The van der Waals surface area contributed by atoms with E-state index in [9.17, 15) is 31.5 Å². The van der Waals surface area contributed by atoms with E-state index in [1.807, 2.05) is 6.92 Å². The summed E-state index contributed by atoms with van der Waals surface area (Å²) in [4.78, 5) is 28.5. The third-order valence-corrected chi connectivity index (χ3v) is 10.8. The molecule has 6 N–H and O–H groups in total. The van der Waals surface area contributed by atoms with Crippen molar-refractivity contribution in [3.63, 3.8) is 0 Å². The van der Waals surface area contributed by atoms with Gasteiger partial charge in [0.1, 0.15) is 23.9 Å². The number of thioether (sulfide) groups is 1. The smallest absolute Gasteiger partial charge is 0.378 e. The Morgan fingerprint density at radius 1 is 1.00 bits per heavy atom. The number of fused-ring (bicyclic) bond motifs is 1. The molecule has 5 saturated heterocycles. The molecule has 2 amide bonds. The van der Waals surface area contributed by atoms with Crippen LogP contribution in [0.1, 0.15) is 26.2 Å². The van der Waals surface area contributed by atoms with Crippen molar-refractivity contribution in [3.8, 4) is 0 Å². The highest BCUT2D eigenvalue weighted by Gasteiger charge is 2.51. The topological polar surface area (TPSA) is 128 Å². The number of nitrogens with one attached hydrogen (secondary N) is 6. The van der Waals surface area contributed by atoms with E-state index in [0.29, 0.717) is 26.1 Å². The van der Waals surface area contributed by atoms with Crippen molar-refractivity contribution >= 4 is 23.6 Å². The minimum absolute atomic E-state index is 0.00854. The molecule has 43 heavy (non-hydrogen) atoms. The molecule has 0 aromatic heterocycles. The molecule has 0 radical (unpaired) electrons. The van der Waals surface area contributed by atoms with E-state index in [0.717, 1.165) is 0 Å². The molecule has 5 heterocycles. The summed E-state index contributed by atoms with van der Waals surface area (Å²) in [7, 11) is 2.83. The van der Waals surface area contributed by atoms with Crippen LogP contribution < -0.4 is 31.9 Å². The van der Waals surface area contributed by atoms with E-state index in [1.54, 1.807) is 4.90 Å². The Hall–Kier alpha value is -1.34. The number of rotatable bonds is 7. The van der Waals surface area contributed by atoms with Gasteiger partial charge in [0.25, 0.3) is 6.43 Å². The van der Waals surface area contributed by atoms with Crippen LogP contribution >= 0.6 is 11.8 Å². The van der Waals surface area contributed by atoms with Crippen molar-refractivity contribution in [1.82, 2.24) is 36.8 Å². The third kappa shape index (κ3) is 7.23. The Bertz CT molecular complexity index is 988. The SMILES string of the molecule is COC1CNC(C(F)F)NC1C1CC(C)NCC1C(=O)NC1NC2CN(C(=O)C3CCC(C(F)(F)F)NC3OC)CC2S1. The van der Waals surface area contributed by atoms with E-state index in [4.69, 9.17) is 9.47 Å². The zero-order valence-electron chi connectivity index (χ0n) is 24.3. The Morgan fingerprint density at radius 2 is 1.77 bits per heavy atom. The van der Waals surface area contributed by atoms with Crippen LogP contribution in [0.3, 0.4) is 0 Å². The second-order valence-electron chi connectivity index (χ2n) is 12.2. The molecule has 0 saturated carbocycles. The van der Waals surface area contributed by atoms with Gasteiger partial charge in [-0.25, -0.2) is 8.78 Å². The fraction of sp³-hybridized carbons (Fsp3) is 0.923. The van der Waals surface area contributed by atoms with Crippen LogP contribution in [0.4, 0.5) is 22.0 Å². The van der Waals surface area contributed by atoms with Gasteiger partial charge in [0.05, 0.1) is 17.9 Å². The van der Waals surface area contributed by atoms with E-state index >= 15 is 0 Å². The van der Waals surface area contributed by atoms with Gasteiger partial charge in [-0.3, -0.25) is 30.9 Å². The van der Waals surface area contributed by atoms with Gasteiger partial charge >= 0.3 is 6.18 Å². The third-order valence-electron chi connectivity index (χ3n) is 9.48. The predicted molar refractivity (Wildman–Crippen MR) is 148 cm³/mol. The van der Waals surface area contributed by atoms with E-state index in [2.05, 4.69) is 31.9 Å². The van der Waals surface area contributed by atoms with Crippen molar-refractivity contribution in [3.05, 3.63) is 0 Å². The monoisotopic (exact) mass is 643 g/mol. The number of methoxy groups -OCH3 is 2. The molecule has 12 unspecified atom stereocenters. The largest absolute Gasteiger partial charge is 0.403 e. The number of alkyl halides is 5. The van der Waals surface area contributed by atoms with Gasteiger partial charge < -0.3 is 25.0 Å². The minimum atomic E-state index is -4.41. The van der Waals surface area contributed by atoms with Gasteiger partial charge in [0.2, 0.25) is 11.8 Å². The lowest BCUT2D eigenvalue weighted by Crippen LogP contribution is -2.68. The Kier molecular flexibility index (Phi) is 10.4. The molecule has 0 aliphatic carbocycles. The number of hydrogen-bond donors (Lipinski definition) is 6. The molecule has 0 spiro atoms. The highest BCUT2D eigenvalue weighted by Crippen LogP contribution is 2.36. The maximum absolute atomic E-state index is 13.6. The van der Waals surface area contributed by atoms with Gasteiger partial charge in [-0.15, -0.1) is 11.8 Å². The molecular formula is C26H42F5N7O4S. The predicted octanol–water partition coefficient (Wildman–Crippen LogP) is -0.0132. The van der Waals surface area contributed by atoms with Crippen molar-refractivity contribution in [2.45, 2.75) is 92.2 Å². The fourth-order valence-corrected chi connectivity index (χ4v) is 8.61. The van der Waals surface area contributed by atoms with Crippen LogP contribution in [0.2, 0.25) is 0 Å². The lowest BCUT2D eigenvalue weighted by Gasteiger charge is -2.46. The molecule has 11 nitrogen and oxygen atoms in total. The maximum Gasteiger partial charge on any atom is 0.403 e. The zero-order valence-corrected chi connectivity index (χ0v) is 25.2. The van der Waals surface area contributed by atoms with E-state index < -0.39 is 54.4 Å². The van der Waals surface area contributed by atoms with Crippen LogP contribution in [-0.4, -0.2) is 123 Å². The highest BCUT2D eigenvalue weighted by molar-refractivity contribution is 8.00. The first kappa shape index (κ1) is 33.0. The molecule has 12 atom stereocenters. The molecule has 5 aliphatic heterocycles. The molecule has 0 aromatic rings. The van der Waals surface area contributed by atoms with Gasteiger partial charge in [0.15, 0.2) is 0 Å². The summed E-state index contributed by atoms with van der Waals surface area (Å²) in [5, 5.41) is 18.0. The van der Waals surface area contributed by atoms with Gasteiger partial charge in [0, 0.05) is 63.8 Å². The maximum atomic E-state index is 13.6. The van der Waals surface area contributed by atoms with Crippen LogP contribution in [0, 0.1) is 17.8 Å². The quantitative estimate of drug-likeness (QED) is 0.211. The first-order valence-corrected chi connectivity index (χ1v) is 15.7. The Labute approximate surface area is 251 Å². The lowest BCUT2D eigenvalue weighted by molar-refractivity contribution is -0.183. The van der Waals surface area contributed by atoms with Crippen LogP contribution in [0.15, 0.2) is 0 Å². The number of amides is 2. The number of hydrogen-bond acceptors (Lipinski definition) is 10.